The van der Waals surface area contributed by atoms with Gasteiger partial charge < -0.3 is 15.0 Å². The van der Waals surface area contributed by atoms with Gasteiger partial charge in [0, 0.05) is 31.8 Å². The van der Waals surface area contributed by atoms with Gasteiger partial charge in [-0.15, -0.1) is 0 Å². The smallest absolute Gasteiger partial charge is 0.254 e. The molecular weight excluding hydrogens is 252 g/mol. The SMILES string of the molecule is COCCN(C(=O)c1cccc2c1CCNC2)C(C)C. The quantitative estimate of drug-likeness (QED) is 0.892. The highest BCUT2D eigenvalue weighted by Crippen LogP contribution is 2.21. The number of amides is 1. The van der Waals surface area contributed by atoms with E-state index < -0.39 is 0 Å². The van der Waals surface area contributed by atoms with Crippen LogP contribution < -0.4 is 5.32 Å². The summed E-state index contributed by atoms with van der Waals surface area (Å²) >= 11 is 0. The zero-order chi connectivity index (χ0) is 14.5. The van der Waals surface area contributed by atoms with Gasteiger partial charge in [-0.05, 0) is 44.0 Å². The Labute approximate surface area is 121 Å². The molecule has 1 amide bonds. The van der Waals surface area contributed by atoms with Crippen molar-refractivity contribution in [2.24, 2.45) is 0 Å². The van der Waals surface area contributed by atoms with Crippen LogP contribution in [0.4, 0.5) is 0 Å². The van der Waals surface area contributed by atoms with E-state index in [1.54, 1.807) is 7.11 Å². The summed E-state index contributed by atoms with van der Waals surface area (Å²) in [5.74, 6) is 0.121. The highest BCUT2D eigenvalue weighted by Gasteiger charge is 2.23. The largest absolute Gasteiger partial charge is 0.383 e. The number of hydrogen-bond donors (Lipinski definition) is 1. The molecule has 20 heavy (non-hydrogen) atoms. The van der Waals surface area contributed by atoms with Crippen LogP contribution in [0.25, 0.3) is 0 Å². The Bertz CT molecular complexity index is 472. The number of fused-ring (bicyclic) bond motifs is 1. The Morgan fingerprint density at radius 1 is 1.45 bits per heavy atom. The molecule has 0 atom stereocenters. The molecule has 4 nitrogen and oxygen atoms in total. The molecule has 2 rings (SSSR count). The molecule has 4 heteroatoms. The zero-order valence-corrected chi connectivity index (χ0v) is 12.6. The Kier molecular flexibility index (Phi) is 5.15. The molecule has 0 bridgehead atoms. The van der Waals surface area contributed by atoms with Gasteiger partial charge in [-0.2, -0.15) is 0 Å². The molecule has 110 valence electrons. The van der Waals surface area contributed by atoms with Crippen LogP contribution in [0.2, 0.25) is 0 Å². The van der Waals surface area contributed by atoms with Crippen molar-refractivity contribution in [3.63, 3.8) is 0 Å². The van der Waals surface area contributed by atoms with Crippen LogP contribution in [0.1, 0.15) is 35.3 Å². The number of methoxy groups -OCH3 is 1. The molecule has 0 spiro atoms. The fraction of sp³-hybridized carbons (Fsp3) is 0.562. The van der Waals surface area contributed by atoms with Crippen molar-refractivity contribution >= 4 is 5.91 Å². The molecule has 1 N–H and O–H groups in total. The first-order chi connectivity index (χ1) is 9.65. The van der Waals surface area contributed by atoms with E-state index in [1.165, 1.54) is 11.1 Å². The van der Waals surface area contributed by atoms with E-state index in [1.807, 2.05) is 30.9 Å². The normalized spacial score (nSPS) is 14.2. The Morgan fingerprint density at radius 3 is 2.95 bits per heavy atom. The third kappa shape index (κ3) is 3.19. The van der Waals surface area contributed by atoms with E-state index in [9.17, 15) is 4.79 Å². The minimum absolute atomic E-state index is 0.121. The number of ether oxygens (including phenoxy) is 1. The maximum atomic E-state index is 12.8. The van der Waals surface area contributed by atoms with Gasteiger partial charge >= 0.3 is 0 Å². The van der Waals surface area contributed by atoms with Gasteiger partial charge in [0.1, 0.15) is 0 Å². The van der Waals surface area contributed by atoms with Crippen molar-refractivity contribution in [1.82, 2.24) is 10.2 Å². The summed E-state index contributed by atoms with van der Waals surface area (Å²) in [7, 11) is 1.67. The molecule has 0 radical (unpaired) electrons. The van der Waals surface area contributed by atoms with Crippen LogP contribution in [0, 0.1) is 0 Å². The Balaban J connectivity index is 2.27. The van der Waals surface area contributed by atoms with Crippen molar-refractivity contribution in [3.8, 4) is 0 Å². The summed E-state index contributed by atoms with van der Waals surface area (Å²) in [6.07, 6.45) is 0.924. The fourth-order valence-corrected chi connectivity index (χ4v) is 2.67. The third-order valence-electron chi connectivity index (χ3n) is 3.79. The van der Waals surface area contributed by atoms with Gasteiger partial charge in [0.25, 0.3) is 5.91 Å². The molecular formula is C16H24N2O2. The topological polar surface area (TPSA) is 41.6 Å². The molecule has 1 heterocycles. The fourth-order valence-electron chi connectivity index (χ4n) is 2.67. The van der Waals surface area contributed by atoms with Crippen molar-refractivity contribution in [2.75, 3.05) is 26.8 Å². The van der Waals surface area contributed by atoms with Crippen LogP contribution >= 0.6 is 0 Å². The molecule has 1 aliphatic heterocycles. The van der Waals surface area contributed by atoms with E-state index in [2.05, 4.69) is 11.4 Å². The molecule has 0 fully saturated rings. The highest BCUT2D eigenvalue weighted by atomic mass is 16.5. The number of benzene rings is 1. The minimum atomic E-state index is 0.121. The lowest BCUT2D eigenvalue weighted by Crippen LogP contribution is -2.40. The van der Waals surface area contributed by atoms with Gasteiger partial charge in [-0.3, -0.25) is 4.79 Å². The number of rotatable bonds is 5. The molecule has 1 aromatic rings. The average Bonchev–Trinajstić information content (AvgIpc) is 2.46. The summed E-state index contributed by atoms with van der Waals surface area (Å²) in [5, 5.41) is 3.35. The van der Waals surface area contributed by atoms with Crippen LogP contribution in [0.5, 0.6) is 0 Å². The number of nitrogens with zero attached hydrogens (tertiary/aromatic N) is 1. The number of carbonyl (C=O) groups is 1. The lowest BCUT2D eigenvalue weighted by atomic mass is 9.94. The van der Waals surface area contributed by atoms with E-state index in [-0.39, 0.29) is 11.9 Å². The zero-order valence-electron chi connectivity index (χ0n) is 12.6. The molecule has 0 saturated carbocycles. The predicted molar refractivity (Wildman–Crippen MR) is 79.9 cm³/mol. The van der Waals surface area contributed by atoms with E-state index in [4.69, 9.17) is 4.74 Å². The summed E-state index contributed by atoms with van der Waals surface area (Å²) in [6.45, 7) is 7.09. The van der Waals surface area contributed by atoms with Crippen LogP contribution in [0.15, 0.2) is 18.2 Å². The van der Waals surface area contributed by atoms with E-state index in [0.29, 0.717) is 13.2 Å². The van der Waals surface area contributed by atoms with Crippen LogP contribution in [-0.2, 0) is 17.7 Å². The third-order valence-corrected chi connectivity index (χ3v) is 3.79. The Hall–Kier alpha value is -1.39. The number of nitrogens with one attached hydrogen (secondary N) is 1. The van der Waals surface area contributed by atoms with Crippen molar-refractivity contribution in [1.29, 1.82) is 0 Å². The lowest BCUT2D eigenvalue weighted by Gasteiger charge is -2.29. The summed E-state index contributed by atoms with van der Waals surface area (Å²) in [5.41, 5.74) is 3.31. The molecule has 0 unspecified atom stereocenters. The van der Waals surface area contributed by atoms with Gasteiger partial charge in [-0.25, -0.2) is 0 Å². The number of carbonyl (C=O) groups excluding carboxylic acids is 1. The van der Waals surface area contributed by atoms with Gasteiger partial charge in [0.2, 0.25) is 0 Å². The standard InChI is InChI=1S/C16H24N2O2/c1-12(2)18(9-10-20-3)16(19)15-6-4-5-13-11-17-8-7-14(13)15/h4-6,12,17H,7-11H2,1-3H3. The first-order valence-corrected chi connectivity index (χ1v) is 7.26. The van der Waals surface area contributed by atoms with Gasteiger partial charge in [0.05, 0.1) is 6.61 Å². The second-order valence-electron chi connectivity index (χ2n) is 5.46. The van der Waals surface area contributed by atoms with E-state index >= 15 is 0 Å². The second-order valence-corrected chi connectivity index (χ2v) is 5.46. The highest BCUT2D eigenvalue weighted by molar-refractivity contribution is 5.96. The molecule has 0 aromatic heterocycles. The monoisotopic (exact) mass is 276 g/mol. The van der Waals surface area contributed by atoms with Crippen LogP contribution in [-0.4, -0.2) is 43.7 Å². The minimum Gasteiger partial charge on any atom is -0.383 e. The van der Waals surface area contributed by atoms with Crippen molar-refractivity contribution in [3.05, 3.63) is 34.9 Å². The molecule has 0 saturated heterocycles. The average molecular weight is 276 g/mol. The maximum absolute atomic E-state index is 12.8. The molecule has 1 aromatic carbocycles. The van der Waals surface area contributed by atoms with Gasteiger partial charge in [0.15, 0.2) is 0 Å². The summed E-state index contributed by atoms with van der Waals surface area (Å²) in [4.78, 5) is 14.7. The van der Waals surface area contributed by atoms with E-state index in [0.717, 1.165) is 25.1 Å². The van der Waals surface area contributed by atoms with Crippen molar-refractivity contribution in [2.45, 2.75) is 32.9 Å². The first-order valence-electron chi connectivity index (χ1n) is 7.26. The first kappa shape index (κ1) is 15.0. The molecule has 1 aliphatic rings. The second kappa shape index (κ2) is 6.86. The van der Waals surface area contributed by atoms with Crippen LogP contribution in [0.3, 0.4) is 0 Å². The summed E-state index contributed by atoms with van der Waals surface area (Å²) < 4.78 is 5.12. The summed E-state index contributed by atoms with van der Waals surface area (Å²) in [6, 6.07) is 6.21. The lowest BCUT2D eigenvalue weighted by molar-refractivity contribution is 0.0633. The maximum Gasteiger partial charge on any atom is 0.254 e. The predicted octanol–water partition coefficient (Wildman–Crippen LogP) is 1.83. The number of hydrogen-bond acceptors (Lipinski definition) is 3. The molecule has 0 aliphatic carbocycles. The Morgan fingerprint density at radius 2 is 2.25 bits per heavy atom. The van der Waals surface area contributed by atoms with Gasteiger partial charge in [-0.1, -0.05) is 12.1 Å². The van der Waals surface area contributed by atoms with Crippen molar-refractivity contribution < 1.29 is 9.53 Å².